The Labute approximate surface area is 206 Å². The van der Waals surface area contributed by atoms with E-state index in [1.807, 2.05) is 0 Å². The maximum Gasteiger partial charge on any atom is 0.344 e. The lowest BCUT2D eigenvalue weighted by Crippen LogP contribution is -2.19. The van der Waals surface area contributed by atoms with E-state index in [1.54, 1.807) is 43.3 Å². The van der Waals surface area contributed by atoms with E-state index in [2.05, 4.69) is 26.2 Å². The average molecular weight is 565 g/mol. The number of aliphatic imine (C=N–C) groups is 1. The van der Waals surface area contributed by atoms with Gasteiger partial charge in [-0.05, 0) is 70.5 Å². The summed E-state index contributed by atoms with van der Waals surface area (Å²) in [7, 11) is 0. The van der Waals surface area contributed by atoms with Crippen LogP contribution in [0.1, 0.15) is 12.5 Å². The Morgan fingerprint density at radius 1 is 1.26 bits per heavy atom. The Balaban J connectivity index is 1.78. The van der Waals surface area contributed by atoms with Gasteiger partial charge in [0.25, 0.3) is 5.91 Å². The van der Waals surface area contributed by atoms with Crippen molar-refractivity contribution in [3.63, 3.8) is 0 Å². The minimum Gasteiger partial charge on any atom is -0.479 e. The van der Waals surface area contributed by atoms with E-state index >= 15 is 0 Å². The maximum atomic E-state index is 12.3. The lowest BCUT2D eigenvalue weighted by Gasteiger charge is -2.10. The molecule has 1 N–H and O–H groups in total. The van der Waals surface area contributed by atoms with Crippen molar-refractivity contribution in [3.05, 3.63) is 60.3 Å². The van der Waals surface area contributed by atoms with E-state index in [-0.39, 0.29) is 24.1 Å². The smallest absolute Gasteiger partial charge is 0.344 e. The zero-order valence-corrected chi connectivity index (χ0v) is 20.5. The summed E-state index contributed by atoms with van der Waals surface area (Å²) in [5.41, 5.74) is 1.10. The molecule has 31 heavy (non-hydrogen) atoms. The van der Waals surface area contributed by atoms with Crippen LogP contribution in [0.2, 0.25) is 15.1 Å². The van der Waals surface area contributed by atoms with Gasteiger partial charge in [0.05, 0.1) is 36.7 Å². The van der Waals surface area contributed by atoms with E-state index in [1.165, 1.54) is 0 Å². The number of halogens is 4. The van der Waals surface area contributed by atoms with Gasteiger partial charge in [-0.15, -0.1) is 0 Å². The number of thioether (sulfide) groups is 1. The third-order valence-corrected chi connectivity index (χ3v) is 6.35. The molecule has 2 aromatic carbocycles. The molecule has 1 heterocycles. The van der Waals surface area contributed by atoms with Gasteiger partial charge in [-0.3, -0.25) is 4.79 Å². The number of benzene rings is 2. The standard InChI is InChI=1S/C20H14BrCl3N2O4S/c1-2-29-16(27)9-30-18-11(21)6-10(7-13(18)23)8-15-19(28)26-20(31-15)25-14-5-3-4-12(22)17(14)24/h3-8H,2,9H2,1H3,(H,25,26,28)/b15-8-. The lowest BCUT2D eigenvalue weighted by molar-refractivity contribution is -0.145. The Morgan fingerprint density at radius 2 is 2.03 bits per heavy atom. The Morgan fingerprint density at radius 3 is 2.74 bits per heavy atom. The van der Waals surface area contributed by atoms with E-state index in [4.69, 9.17) is 44.3 Å². The maximum absolute atomic E-state index is 12.3. The van der Waals surface area contributed by atoms with Crippen LogP contribution in [0, 0.1) is 0 Å². The van der Waals surface area contributed by atoms with Crippen LogP contribution in [0.5, 0.6) is 5.75 Å². The van der Waals surface area contributed by atoms with E-state index in [0.717, 1.165) is 11.8 Å². The fourth-order valence-corrected chi connectivity index (χ4v) is 4.62. The number of amidine groups is 1. The summed E-state index contributed by atoms with van der Waals surface area (Å²) in [6.45, 7) is 1.70. The van der Waals surface area contributed by atoms with Gasteiger partial charge >= 0.3 is 5.97 Å². The first-order valence-electron chi connectivity index (χ1n) is 8.79. The molecule has 1 amide bonds. The first-order valence-corrected chi connectivity index (χ1v) is 11.5. The van der Waals surface area contributed by atoms with Crippen molar-refractivity contribution in [3.8, 4) is 5.75 Å². The molecule has 3 rings (SSSR count). The van der Waals surface area contributed by atoms with Crippen molar-refractivity contribution in [2.75, 3.05) is 13.2 Å². The molecular weight excluding hydrogens is 551 g/mol. The summed E-state index contributed by atoms with van der Waals surface area (Å²) in [6, 6.07) is 8.41. The van der Waals surface area contributed by atoms with E-state index in [9.17, 15) is 9.59 Å². The highest BCUT2D eigenvalue weighted by atomic mass is 79.9. The zero-order chi connectivity index (χ0) is 22.5. The van der Waals surface area contributed by atoms with Gasteiger partial charge in [0.1, 0.15) is 0 Å². The van der Waals surface area contributed by atoms with Gasteiger partial charge in [-0.25, -0.2) is 9.79 Å². The molecular formula is C20H14BrCl3N2O4S. The lowest BCUT2D eigenvalue weighted by atomic mass is 10.2. The van der Waals surface area contributed by atoms with Gasteiger partial charge in [-0.2, -0.15) is 0 Å². The number of amides is 1. The van der Waals surface area contributed by atoms with Crippen LogP contribution in [0.25, 0.3) is 6.08 Å². The highest BCUT2D eigenvalue weighted by Gasteiger charge is 2.24. The second-order valence-corrected chi connectivity index (χ2v) is 9.04. The number of esters is 1. The fraction of sp³-hybridized carbons (Fsp3) is 0.150. The predicted molar refractivity (Wildman–Crippen MR) is 129 cm³/mol. The van der Waals surface area contributed by atoms with Gasteiger partial charge in [0.15, 0.2) is 17.5 Å². The molecule has 1 aliphatic heterocycles. The molecule has 0 aromatic heterocycles. The fourth-order valence-electron chi connectivity index (χ4n) is 2.45. The normalized spacial score (nSPS) is 16.0. The molecule has 162 valence electrons. The van der Waals surface area contributed by atoms with Crippen LogP contribution < -0.4 is 10.1 Å². The molecule has 1 saturated heterocycles. The van der Waals surface area contributed by atoms with Crippen molar-refractivity contribution in [2.24, 2.45) is 4.99 Å². The molecule has 0 spiro atoms. The number of rotatable bonds is 6. The molecule has 0 unspecified atom stereocenters. The minimum absolute atomic E-state index is 0.262. The third-order valence-electron chi connectivity index (χ3n) is 3.76. The second kappa shape index (κ2) is 10.7. The zero-order valence-electron chi connectivity index (χ0n) is 15.9. The van der Waals surface area contributed by atoms with Crippen LogP contribution in [0.15, 0.2) is 44.7 Å². The van der Waals surface area contributed by atoms with Gasteiger partial charge in [0.2, 0.25) is 0 Å². The van der Waals surface area contributed by atoms with Crippen LogP contribution in [-0.4, -0.2) is 30.3 Å². The number of hydrogen-bond acceptors (Lipinski definition) is 6. The van der Waals surface area contributed by atoms with E-state index < -0.39 is 5.97 Å². The summed E-state index contributed by atoms with van der Waals surface area (Å²) < 4.78 is 10.8. The topological polar surface area (TPSA) is 77.0 Å². The van der Waals surface area contributed by atoms with Crippen molar-refractivity contribution in [2.45, 2.75) is 6.92 Å². The monoisotopic (exact) mass is 562 g/mol. The number of carbonyl (C=O) groups excluding carboxylic acids is 2. The van der Waals surface area contributed by atoms with Gasteiger partial charge in [-0.1, -0.05) is 40.9 Å². The van der Waals surface area contributed by atoms with Crippen molar-refractivity contribution >= 4 is 91.3 Å². The summed E-state index contributed by atoms with van der Waals surface area (Å²) >= 11 is 23.0. The summed E-state index contributed by atoms with van der Waals surface area (Å²) in [4.78, 5) is 28.6. The SMILES string of the molecule is CCOC(=O)COc1c(Cl)cc(/C=C2\SC(=Nc3cccc(Cl)c3Cl)NC2=O)cc1Br. The summed E-state index contributed by atoms with van der Waals surface area (Å²) in [5, 5.41) is 4.01. The summed E-state index contributed by atoms with van der Waals surface area (Å²) in [6.07, 6.45) is 1.66. The largest absolute Gasteiger partial charge is 0.479 e. The molecule has 6 nitrogen and oxygen atoms in total. The van der Waals surface area contributed by atoms with Crippen molar-refractivity contribution < 1.29 is 19.1 Å². The Bertz CT molecular complexity index is 1080. The molecule has 0 aliphatic carbocycles. The number of carbonyl (C=O) groups is 2. The molecule has 0 bridgehead atoms. The minimum atomic E-state index is -0.498. The van der Waals surface area contributed by atoms with Crippen LogP contribution in [0.3, 0.4) is 0 Å². The van der Waals surface area contributed by atoms with E-state index in [0.29, 0.717) is 41.6 Å². The number of hydrogen-bond donors (Lipinski definition) is 1. The molecule has 11 heteroatoms. The molecule has 0 atom stereocenters. The van der Waals surface area contributed by atoms with Crippen LogP contribution >= 0.6 is 62.5 Å². The van der Waals surface area contributed by atoms with Gasteiger partial charge in [0, 0.05) is 0 Å². The van der Waals surface area contributed by atoms with Crippen molar-refractivity contribution in [1.29, 1.82) is 0 Å². The quantitative estimate of drug-likeness (QED) is 0.332. The number of ether oxygens (including phenoxy) is 2. The number of nitrogens with zero attached hydrogens (tertiary/aromatic N) is 1. The first-order chi connectivity index (χ1) is 14.8. The highest BCUT2D eigenvalue weighted by Crippen LogP contribution is 2.37. The predicted octanol–water partition coefficient (Wildman–Crippen LogP) is 6.24. The molecule has 1 aliphatic rings. The van der Waals surface area contributed by atoms with Crippen LogP contribution in [-0.2, 0) is 14.3 Å². The highest BCUT2D eigenvalue weighted by molar-refractivity contribution is 9.10. The molecule has 0 radical (unpaired) electrons. The molecule has 2 aromatic rings. The van der Waals surface area contributed by atoms with Gasteiger partial charge < -0.3 is 14.8 Å². The molecule has 0 saturated carbocycles. The second-order valence-electron chi connectivity index (χ2n) is 5.96. The first kappa shape index (κ1) is 23.9. The van der Waals surface area contributed by atoms with Crippen molar-refractivity contribution in [1.82, 2.24) is 5.32 Å². The average Bonchev–Trinajstić information content (AvgIpc) is 3.04. The number of nitrogens with one attached hydrogen (secondary N) is 1. The summed E-state index contributed by atoms with van der Waals surface area (Å²) in [5.74, 6) is -0.502. The third kappa shape index (κ3) is 6.17. The van der Waals surface area contributed by atoms with Crippen LogP contribution in [0.4, 0.5) is 5.69 Å². The Kier molecular flexibility index (Phi) is 8.30. The Hall–Kier alpha value is -1.71. The molecule has 1 fully saturated rings.